The molecular weight excluding hydrogens is 340 g/mol. The topological polar surface area (TPSA) is 33.2 Å². The molecule has 0 N–H and O–H groups in total. The number of allylic oxidation sites excluding steroid dienone is 5. The molecule has 1 aromatic heterocycles. The summed E-state index contributed by atoms with van der Waals surface area (Å²) >= 11 is 1.51. The van der Waals surface area contributed by atoms with Gasteiger partial charge in [0.05, 0.1) is 0 Å². The summed E-state index contributed by atoms with van der Waals surface area (Å²) in [7, 11) is 0. The Morgan fingerprint density at radius 2 is 1.88 bits per heavy atom. The van der Waals surface area contributed by atoms with Gasteiger partial charge < -0.3 is 4.90 Å². The molecule has 0 atom stereocenters. The van der Waals surface area contributed by atoms with Gasteiger partial charge in [-0.05, 0) is 20.3 Å². The molecule has 1 rings (SSSR count). The third-order valence-electron chi connectivity index (χ3n) is 4.31. The van der Waals surface area contributed by atoms with Crippen molar-refractivity contribution in [3.63, 3.8) is 0 Å². The third-order valence-corrected chi connectivity index (χ3v) is 5.21. The first kappa shape index (κ1) is 22.4. The van der Waals surface area contributed by atoms with Gasteiger partial charge in [-0.1, -0.05) is 76.3 Å². The number of aromatic nitrogens is 1. The van der Waals surface area contributed by atoms with E-state index in [4.69, 9.17) is 0 Å². The second-order valence-electron chi connectivity index (χ2n) is 6.40. The Morgan fingerprint density at radius 3 is 2.50 bits per heavy atom. The van der Waals surface area contributed by atoms with E-state index in [-0.39, 0.29) is 5.91 Å². The summed E-state index contributed by atoms with van der Waals surface area (Å²) in [6.45, 7) is 11.5. The van der Waals surface area contributed by atoms with Gasteiger partial charge in [-0.3, -0.25) is 4.79 Å². The molecule has 1 amide bonds. The van der Waals surface area contributed by atoms with Crippen LogP contribution in [0.25, 0.3) is 5.57 Å². The summed E-state index contributed by atoms with van der Waals surface area (Å²) in [5.41, 5.74) is 1.54. The van der Waals surface area contributed by atoms with Crippen LogP contribution in [-0.2, 0) is 0 Å². The first-order valence-electron chi connectivity index (χ1n) is 9.88. The molecule has 144 valence electrons. The van der Waals surface area contributed by atoms with Gasteiger partial charge in [-0.25, -0.2) is 4.98 Å². The molecule has 0 aromatic carbocycles. The molecule has 0 aliphatic rings. The molecule has 26 heavy (non-hydrogen) atoms. The maximum Gasteiger partial charge on any atom is 0.273 e. The van der Waals surface area contributed by atoms with Gasteiger partial charge in [0.25, 0.3) is 5.91 Å². The fourth-order valence-corrected chi connectivity index (χ4v) is 3.63. The van der Waals surface area contributed by atoms with Crippen molar-refractivity contribution >= 4 is 22.8 Å². The number of rotatable bonds is 13. The average molecular weight is 375 g/mol. The Morgan fingerprint density at radius 1 is 1.19 bits per heavy atom. The molecule has 0 fully saturated rings. The van der Waals surface area contributed by atoms with E-state index in [1.165, 1.54) is 49.9 Å². The molecule has 3 nitrogen and oxygen atoms in total. The molecule has 0 bridgehead atoms. The van der Waals surface area contributed by atoms with Crippen LogP contribution in [0.2, 0.25) is 0 Å². The third kappa shape index (κ3) is 7.69. The van der Waals surface area contributed by atoms with E-state index in [0.29, 0.717) is 5.69 Å². The SMILES string of the molecule is C=C/C=C(\C=C/C)c1nc(C(=O)N(CC)CCCCCCCCC)cs1. The van der Waals surface area contributed by atoms with Crippen LogP contribution in [0.3, 0.4) is 0 Å². The number of thiazole rings is 1. The molecule has 0 aliphatic carbocycles. The predicted octanol–water partition coefficient (Wildman–Crippen LogP) is 6.50. The monoisotopic (exact) mass is 374 g/mol. The average Bonchev–Trinajstić information content (AvgIpc) is 3.13. The highest BCUT2D eigenvalue weighted by atomic mass is 32.1. The zero-order valence-corrected chi connectivity index (χ0v) is 17.5. The van der Waals surface area contributed by atoms with E-state index in [0.717, 1.165) is 30.1 Å². The van der Waals surface area contributed by atoms with E-state index >= 15 is 0 Å². The van der Waals surface area contributed by atoms with E-state index in [1.807, 2.05) is 42.4 Å². The van der Waals surface area contributed by atoms with Crippen LogP contribution in [0.15, 0.2) is 36.3 Å². The van der Waals surface area contributed by atoms with Crippen molar-refractivity contribution in [1.82, 2.24) is 9.88 Å². The zero-order valence-electron chi connectivity index (χ0n) is 16.7. The summed E-state index contributed by atoms with van der Waals surface area (Å²) in [4.78, 5) is 19.2. The number of amides is 1. The highest BCUT2D eigenvalue weighted by molar-refractivity contribution is 7.11. The molecule has 0 unspecified atom stereocenters. The van der Waals surface area contributed by atoms with Gasteiger partial charge in [0.15, 0.2) is 0 Å². The van der Waals surface area contributed by atoms with Crippen LogP contribution in [0.5, 0.6) is 0 Å². The zero-order chi connectivity index (χ0) is 19.2. The Balaban J connectivity index is 2.57. The Bertz CT molecular complexity index is 601. The van der Waals surface area contributed by atoms with Crippen molar-refractivity contribution in [2.75, 3.05) is 13.1 Å². The number of nitrogens with zero attached hydrogens (tertiary/aromatic N) is 2. The van der Waals surface area contributed by atoms with Crippen molar-refractivity contribution in [2.45, 2.75) is 65.7 Å². The lowest BCUT2D eigenvalue weighted by Crippen LogP contribution is -2.32. The van der Waals surface area contributed by atoms with Crippen LogP contribution in [0.4, 0.5) is 0 Å². The van der Waals surface area contributed by atoms with Crippen molar-refractivity contribution < 1.29 is 4.79 Å². The van der Waals surface area contributed by atoms with E-state index in [1.54, 1.807) is 6.08 Å². The Labute approximate surface area is 163 Å². The van der Waals surface area contributed by atoms with Gasteiger partial charge in [0.2, 0.25) is 0 Å². The molecule has 0 spiro atoms. The maximum atomic E-state index is 12.7. The number of carbonyl (C=O) groups is 1. The van der Waals surface area contributed by atoms with Gasteiger partial charge in [0, 0.05) is 24.0 Å². The molecule has 0 saturated heterocycles. The fraction of sp³-hybridized carbons (Fsp3) is 0.545. The highest BCUT2D eigenvalue weighted by Gasteiger charge is 2.17. The molecular formula is C22H34N2OS. The number of unbranched alkanes of at least 4 members (excludes halogenated alkanes) is 6. The predicted molar refractivity (Wildman–Crippen MR) is 115 cm³/mol. The molecule has 0 aliphatic heterocycles. The summed E-state index contributed by atoms with van der Waals surface area (Å²) in [5.74, 6) is 0.0411. The number of hydrogen-bond acceptors (Lipinski definition) is 3. The lowest BCUT2D eigenvalue weighted by atomic mass is 10.1. The lowest BCUT2D eigenvalue weighted by Gasteiger charge is -2.19. The summed E-state index contributed by atoms with van der Waals surface area (Å²) in [6.07, 6.45) is 16.4. The van der Waals surface area contributed by atoms with Crippen molar-refractivity contribution in [1.29, 1.82) is 0 Å². The van der Waals surface area contributed by atoms with Crippen LogP contribution in [0.1, 0.15) is 81.2 Å². The first-order chi connectivity index (χ1) is 12.7. The second kappa shape index (κ2) is 13.5. The highest BCUT2D eigenvalue weighted by Crippen LogP contribution is 2.22. The van der Waals surface area contributed by atoms with E-state index < -0.39 is 0 Å². The molecule has 4 heteroatoms. The van der Waals surface area contributed by atoms with Crippen LogP contribution >= 0.6 is 11.3 Å². The summed E-state index contributed by atoms with van der Waals surface area (Å²) in [5, 5.41) is 2.73. The normalized spacial score (nSPS) is 11.9. The molecule has 1 aromatic rings. The molecule has 0 saturated carbocycles. The van der Waals surface area contributed by atoms with E-state index in [2.05, 4.69) is 18.5 Å². The van der Waals surface area contributed by atoms with Crippen LogP contribution in [0, 0.1) is 0 Å². The van der Waals surface area contributed by atoms with Crippen LogP contribution in [-0.4, -0.2) is 28.9 Å². The number of carbonyl (C=O) groups excluding carboxylic acids is 1. The van der Waals surface area contributed by atoms with Crippen molar-refractivity contribution in [3.05, 3.63) is 47.0 Å². The minimum Gasteiger partial charge on any atom is -0.338 e. The van der Waals surface area contributed by atoms with Gasteiger partial charge >= 0.3 is 0 Å². The second-order valence-corrected chi connectivity index (χ2v) is 7.26. The maximum absolute atomic E-state index is 12.7. The van der Waals surface area contributed by atoms with E-state index in [9.17, 15) is 4.79 Å². The summed E-state index contributed by atoms with van der Waals surface area (Å²) < 4.78 is 0. The molecule has 0 radical (unpaired) electrons. The van der Waals surface area contributed by atoms with Crippen molar-refractivity contribution in [3.8, 4) is 0 Å². The summed E-state index contributed by atoms with van der Waals surface area (Å²) in [6, 6.07) is 0. The van der Waals surface area contributed by atoms with Gasteiger partial charge in [-0.2, -0.15) is 0 Å². The smallest absolute Gasteiger partial charge is 0.273 e. The number of hydrogen-bond donors (Lipinski definition) is 0. The quantitative estimate of drug-likeness (QED) is 0.291. The van der Waals surface area contributed by atoms with Gasteiger partial charge in [0.1, 0.15) is 10.7 Å². The van der Waals surface area contributed by atoms with Crippen molar-refractivity contribution in [2.24, 2.45) is 0 Å². The molecule has 1 heterocycles. The largest absolute Gasteiger partial charge is 0.338 e. The Kier molecular flexibility index (Phi) is 11.6. The lowest BCUT2D eigenvalue weighted by molar-refractivity contribution is 0.0756. The standard InChI is InChI=1S/C22H34N2OS/c1-5-9-10-11-12-13-14-17-24(8-4)22(25)20-18-26-21(23-20)19(15-6-2)16-7-3/h6-7,15-16,18H,2,5,8-14,17H2,1,3-4H3/b16-7-,19-15+. The van der Waals surface area contributed by atoms with Crippen LogP contribution < -0.4 is 0 Å². The minimum absolute atomic E-state index is 0.0411. The fourth-order valence-electron chi connectivity index (χ4n) is 2.83. The minimum atomic E-state index is 0.0411. The first-order valence-corrected chi connectivity index (χ1v) is 10.8. The Hall–Kier alpha value is -1.68. The van der Waals surface area contributed by atoms with Gasteiger partial charge in [-0.15, -0.1) is 11.3 Å².